The minimum atomic E-state index is -4.10. The molecule has 0 N–H and O–H groups in total. The van der Waals surface area contributed by atoms with Crippen LogP contribution >= 0.6 is 22.6 Å². The third kappa shape index (κ3) is 4.71. The van der Waals surface area contributed by atoms with Crippen LogP contribution in [0.15, 0.2) is 69.9 Å². The Kier molecular flexibility index (Phi) is 7.19. The molecule has 0 fully saturated rings. The van der Waals surface area contributed by atoms with Crippen LogP contribution in [-0.2, 0) is 19.7 Å². The lowest BCUT2D eigenvalue weighted by Crippen LogP contribution is -2.37. The van der Waals surface area contributed by atoms with Crippen LogP contribution in [0.4, 0.5) is 0 Å². The number of ketones is 2. The van der Waals surface area contributed by atoms with Crippen molar-refractivity contribution in [3.63, 3.8) is 0 Å². The Morgan fingerprint density at radius 2 is 1.54 bits per heavy atom. The van der Waals surface area contributed by atoms with Gasteiger partial charge in [-0.2, -0.15) is 8.42 Å². The van der Waals surface area contributed by atoms with E-state index in [2.05, 4.69) is 4.90 Å². The van der Waals surface area contributed by atoms with Crippen molar-refractivity contribution < 1.29 is 26.9 Å². The van der Waals surface area contributed by atoms with Crippen LogP contribution in [0.5, 0.6) is 11.5 Å². The van der Waals surface area contributed by atoms with Gasteiger partial charge in [0.05, 0.1) is 10.2 Å². The largest absolute Gasteiger partial charge is 0.490 e. The van der Waals surface area contributed by atoms with Crippen LogP contribution in [0, 0.1) is 3.57 Å². The Balaban J connectivity index is 1.66. The van der Waals surface area contributed by atoms with Crippen LogP contribution in [0.1, 0.15) is 56.9 Å². The topological polar surface area (TPSA) is 90.0 Å². The lowest BCUT2D eigenvalue weighted by atomic mass is 9.71. The molecule has 37 heavy (non-hydrogen) atoms. The molecule has 0 saturated heterocycles. The third-order valence-corrected chi connectivity index (χ3v) is 9.17. The summed E-state index contributed by atoms with van der Waals surface area (Å²) in [4.78, 5) is 28.7. The first kappa shape index (κ1) is 26.0. The van der Waals surface area contributed by atoms with E-state index in [0.717, 1.165) is 42.6 Å². The molecular weight excluding hydrogens is 605 g/mol. The number of halogens is 1. The number of carbonyl (C=O) groups is 2. The van der Waals surface area contributed by atoms with Crippen LogP contribution < -0.4 is 8.92 Å². The average molecular weight is 634 g/mol. The van der Waals surface area contributed by atoms with Gasteiger partial charge in [-0.25, -0.2) is 0 Å². The summed E-state index contributed by atoms with van der Waals surface area (Å²) in [6.45, 7) is 2.09. The monoisotopic (exact) mass is 633 g/mol. The molecule has 0 spiro atoms. The minimum absolute atomic E-state index is 0.0397. The Bertz CT molecular complexity index is 1400. The standard InChI is InChI=1S/C28H28INO6S/c1-3-35-24-16-17(15-19(29)28(24)36-37(33,34)18-9-5-4-6-10-18)25-26-20(11-7-13-22(26)31)30(2)21-12-8-14-23(32)27(21)25/h4-6,9-10,15-16,25H,3,7-8,11-14H2,1-2H3. The van der Waals surface area contributed by atoms with E-state index in [1.165, 1.54) is 12.1 Å². The second kappa shape index (κ2) is 10.2. The second-order valence-corrected chi connectivity index (χ2v) is 12.1. The van der Waals surface area contributed by atoms with Crippen LogP contribution in [0.2, 0.25) is 0 Å². The van der Waals surface area contributed by atoms with Gasteiger partial charge in [-0.1, -0.05) is 18.2 Å². The molecule has 2 aromatic carbocycles. The molecule has 1 aliphatic heterocycles. The van der Waals surface area contributed by atoms with Crippen molar-refractivity contribution >= 4 is 44.3 Å². The fraction of sp³-hybridized carbons (Fsp3) is 0.357. The van der Waals surface area contributed by atoms with E-state index in [-0.39, 0.29) is 34.6 Å². The molecule has 7 nitrogen and oxygen atoms in total. The summed E-state index contributed by atoms with van der Waals surface area (Å²) in [7, 11) is -2.14. The van der Waals surface area contributed by atoms with Crippen molar-refractivity contribution in [2.75, 3.05) is 13.7 Å². The van der Waals surface area contributed by atoms with Gasteiger partial charge in [-0.3, -0.25) is 9.59 Å². The fourth-order valence-corrected chi connectivity index (χ4v) is 7.39. The van der Waals surface area contributed by atoms with Crippen LogP contribution in [0.25, 0.3) is 0 Å². The summed E-state index contributed by atoms with van der Waals surface area (Å²) in [6, 6.07) is 11.5. The zero-order valence-corrected chi connectivity index (χ0v) is 23.7. The lowest BCUT2D eigenvalue weighted by Gasteiger charge is -2.42. The molecular formula is C28H28INO6S. The van der Waals surface area contributed by atoms with Crippen molar-refractivity contribution in [1.29, 1.82) is 0 Å². The van der Waals surface area contributed by atoms with Crippen molar-refractivity contribution in [2.45, 2.75) is 56.3 Å². The van der Waals surface area contributed by atoms with Gasteiger partial charge in [0, 0.05) is 48.3 Å². The number of nitrogens with zero attached hydrogens (tertiary/aromatic N) is 1. The zero-order valence-electron chi connectivity index (χ0n) is 20.8. The van der Waals surface area contributed by atoms with E-state index in [1.54, 1.807) is 31.2 Å². The van der Waals surface area contributed by atoms with Crippen molar-refractivity contribution in [3.05, 3.63) is 74.1 Å². The predicted octanol–water partition coefficient (Wildman–Crippen LogP) is 5.50. The van der Waals surface area contributed by atoms with E-state index < -0.39 is 16.0 Å². The highest BCUT2D eigenvalue weighted by atomic mass is 127. The SMILES string of the molecule is CCOc1cc(C2C3=C(CCCC3=O)N(C)C3=C2C(=O)CCC3)cc(I)c1OS(=O)(=O)c1ccccc1. The summed E-state index contributed by atoms with van der Waals surface area (Å²) < 4.78 is 38.0. The molecule has 0 aromatic heterocycles. The number of carbonyl (C=O) groups excluding carboxylic acids is 2. The van der Waals surface area contributed by atoms with Gasteiger partial charge < -0.3 is 13.8 Å². The van der Waals surface area contributed by atoms with Crippen molar-refractivity contribution in [3.8, 4) is 11.5 Å². The quantitative estimate of drug-likeness (QED) is 0.307. The number of hydrogen-bond donors (Lipinski definition) is 0. The first-order valence-electron chi connectivity index (χ1n) is 12.4. The highest BCUT2D eigenvalue weighted by molar-refractivity contribution is 14.1. The average Bonchev–Trinajstić information content (AvgIpc) is 2.88. The van der Waals surface area contributed by atoms with E-state index in [4.69, 9.17) is 8.92 Å². The predicted molar refractivity (Wildman–Crippen MR) is 147 cm³/mol. The summed E-state index contributed by atoms with van der Waals surface area (Å²) in [5.41, 5.74) is 4.04. The smallest absolute Gasteiger partial charge is 0.339 e. The Labute approximate surface area is 230 Å². The van der Waals surface area contributed by atoms with Crippen LogP contribution in [-0.4, -0.2) is 38.5 Å². The number of benzene rings is 2. The van der Waals surface area contributed by atoms with Gasteiger partial charge in [0.25, 0.3) is 0 Å². The van der Waals surface area contributed by atoms with Gasteiger partial charge in [0.15, 0.2) is 23.1 Å². The Morgan fingerprint density at radius 1 is 0.946 bits per heavy atom. The van der Waals surface area contributed by atoms with Crippen molar-refractivity contribution in [2.24, 2.45) is 0 Å². The normalized spacial score (nSPS) is 18.6. The maximum absolute atomic E-state index is 13.3. The summed E-state index contributed by atoms with van der Waals surface area (Å²) in [6.07, 6.45) is 4.04. The van der Waals surface area contributed by atoms with Gasteiger partial charge in [0.1, 0.15) is 4.90 Å². The molecule has 3 aliphatic rings. The maximum atomic E-state index is 13.3. The van der Waals surface area contributed by atoms with Gasteiger partial charge in [-0.05, 0) is 85.0 Å². The molecule has 0 radical (unpaired) electrons. The van der Waals surface area contributed by atoms with Gasteiger partial charge in [0.2, 0.25) is 0 Å². The lowest BCUT2D eigenvalue weighted by molar-refractivity contribution is -0.117. The van der Waals surface area contributed by atoms with Crippen LogP contribution in [0.3, 0.4) is 0 Å². The number of allylic oxidation sites excluding steroid dienone is 4. The highest BCUT2D eigenvalue weighted by Gasteiger charge is 2.42. The summed E-state index contributed by atoms with van der Waals surface area (Å²) in [5, 5.41) is 0. The maximum Gasteiger partial charge on any atom is 0.339 e. The van der Waals surface area contributed by atoms with Crippen molar-refractivity contribution in [1.82, 2.24) is 4.90 Å². The van der Waals surface area contributed by atoms with E-state index in [9.17, 15) is 18.0 Å². The molecule has 0 saturated carbocycles. The van der Waals surface area contributed by atoms with E-state index in [0.29, 0.717) is 27.6 Å². The highest BCUT2D eigenvalue weighted by Crippen LogP contribution is 2.50. The van der Waals surface area contributed by atoms with E-state index >= 15 is 0 Å². The minimum Gasteiger partial charge on any atom is -0.490 e. The molecule has 5 rings (SSSR count). The molecule has 0 amide bonds. The molecule has 1 heterocycles. The molecule has 9 heteroatoms. The Morgan fingerprint density at radius 3 is 2.11 bits per heavy atom. The molecule has 0 atom stereocenters. The van der Waals surface area contributed by atoms with E-state index in [1.807, 2.05) is 35.7 Å². The van der Waals surface area contributed by atoms with Gasteiger partial charge in [-0.15, -0.1) is 0 Å². The first-order chi connectivity index (χ1) is 17.7. The summed E-state index contributed by atoms with van der Waals surface area (Å²) >= 11 is 2.04. The molecule has 0 bridgehead atoms. The molecule has 2 aromatic rings. The third-order valence-electron chi connectivity index (χ3n) is 7.13. The van der Waals surface area contributed by atoms with Gasteiger partial charge >= 0.3 is 10.1 Å². The molecule has 194 valence electrons. The second-order valence-electron chi connectivity index (χ2n) is 9.38. The zero-order chi connectivity index (χ0) is 26.3. The number of Topliss-reactive ketones (excluding diaryl/α,β-unsaturated/α-hetero) is 2. The number of rotatable bonds is 6. The summed E-state index contributed by atoms with van der Waals surface area (Å²) in [5.74, 6) is -0.0322. The molecule has 2 aliphatic carbocycles. The molecule has 0 unspecified atom stereocenters. The first-order valence-corrected chi connectivity index (χ1v) is 14.9. The number of hydrogen-bond acceptors (Lipinski definition) is 7. The number of ether oxygens (including phenoxy) is 1. The fourth-order valence-electron chi connectivity index (χ4n) is 5.53. The Hall–Kier alpha value is -2.66.